The number of amides is 1. The van der Waals surface area contributed by atoms with Gasteiger partial charge in [-0.15, -0.1) is 0 Å². The van der Waals surface area contributed by atoms with Crippen LogP contribution in [-0.2, 0) is 6.54 Å². The Bertz CT molecular complexity index is 450. The van der Waals surface area contributed by atoms with Gasteiger partial charge in [0, 0.05) is 11.9 Å². The number of hydrogen-bond acceptors (Lipinski definition) is 2. The maximum Gasteiger partial charge on any atom is 0.270 e. The molecule has 1 aliphatic carbocycles. The summed E-state index contributed by atoms with van der Waals surface area (Å²) >= 11 is 3.57. The van der Waals surface area contributed by atoms with Gasteiger partial charge in [-0.1, -0.05) is 35.2 Å². The Morgan fingerprint density at radius 3 is 2.74 bits per heavy atom. The van der Waals surface area contributed by atoms with Crippen molar-refractivity contribution < 1.29 is 4.79 Å². The Morgan fingerprint density at radius 2 is 2.16 bits per heavy atom. The van der Waals surface area contributed by atoms with Crippen LogP contribution in [0.1, 0.15) is 55.2 Å². The normalized spacial score (nSPS) is 18.3. The van der Waals surface area contributed by atoms with Gasteiger partial charge in [0.25, 0.3) is 5.91 Å². The molecule has 1 aliphatic rings. The second-order valence-electron chi connectivity index (χ2n) is 5.42. The Hall–Kier alpha value is -0.840. The van der Waals surface area contributed by atoms with Crippen LogP contribution in [0.5, 0.6) is 0 Å². The van der Waals surface area contributed by atoms with Crippen LogP contribution in [0.2, 0.25) is 0 Å². The molecule has 1 fully saturated rings. The molecule has 1 N–H and O–H groups in total. The molecule has 1 heterocycles. The van der Waals surface area contributed by atoms with Gasteiger partial charge in [0.1, 0.15) is 5.69 Å². The van der Waals surface area contributed by atoms with Crippen LogP contribution < -0.4 is 5.32 Å². The zero-order valence-corrected chi connectivity index (χ0v) is 13.3. The molecule has 19 heavy (non-hydrogen) atoms. The maximum atomic E-state index is 12.5. The molecule has 0 atom stereocenters. The van der Waals surface area contributed by atoms with E-state index < -0.39 is 0 Å². The molecule has 1 aromatic rings. The van der Waals surface area contributed by atoms with E-state index in [2.05, 4.69) is 26.3 Å². The first-order valence-electron chi connectivity index (χ1n) is 7.03. The summed E-state index contributed by atoms with van der Waals surface area (Å²) in [6.07, 6.45) is 5.78. The van der Waals surface area contributed by atoms with Gasteiger partial charge in [-0.05, 0) is 32.8 Å². The highest BCUT2D eigenvalue weighted by atomic mass is 79.9. The number of aryl methyl sites for hydroxylation is 2. The molecular formula is C14H22BrN3O. The van der Waals surface area contributed by atoms with Crippen LogP contribution in [0.4, 0.5) is 0 Å². The monoisotopic (exact) mass is 327 g/mol. The van der Waals surface area contributed by atoms with Gasteiger partial charge in [-0.2, -0.15) is 5.10 Å². The number of rotatable bonds is 4. The molecule has 0 spiro atoms. The number of carbonyl (C=O) groups is 1. The van der Waals surface area contributed by atoms with E-state index in [4.69, 9.17) is 0 Å². The molecule has 0 bridgehead atoms. The molecule has 4 nitrogen and oxygen atoms in total. The van der Waals surface area contributed by atoms with E-state index >= 15 is 0 Å². The standard InChI is InChI=1S/C14H22BrN3O/c1-3-18-12(9-11(2)17-18)13(19)16-14(10-15)7-5-4-6-8-14/h9H,3-8,10H2,1-2H3,(H,16,19). The van der Waals surface area contributed by atoms with Crippen LogP contribution in [0, 0.1) is 6.92 Å². The molecule has 0 saturated heterocycles. The van der Waals surface area contributed by atoms with E-state index in [0.29, 0.717) is 5.69 Å². The molecular weight excluding hydrogens is 306 g/mol. The van der Waals surface area contributed by atoms with E-state index in [-0.39, 0.29) is 11.4 Å². The highest BCUT2D eigenvalue weighted by molar-refractivity contribution is 9.09. The highest BCUT2D eigenvalue weighted by Gasteiger charge is 2.33. The Kier molecular flexibility index (Phi) is 4.66. The fourth-order valence-electron chi connectivity index (χ4n) is 2.79. The summed E-state index contributed by atoms with van der Waals surface area (Å²) in [5.41, 5.74) is 1.49. The second-order valence-corrected chi connectivity index (χ2v) is 5.98. The van der Waals surface area contributed by atoms with Crippen LogP contribution in [0.25, 0.3) is 0 Å². The molecule has 0 aromatic carbocycles. The van der Waals surface area contributed by atoms with E-state index in [1.54, 1.807) is 4.68 Å². The number of hydrogen-bond donors (Lipinski definition) is 1. The summed E-state index contributed by atoms with van der Waals surface area (Å²) in [5, 5.41) is 8.40. The minimum atomic E-state index is -0.0773. The fraction of sp³-hybridized carbons (Fsp3) is 0.714. The number of halogens is 1. The molecule has 0 radical (unpaired) electrons. The van der Waals surface area contributed by atoms with Crippen molar-refractivity contribution in [1.82, 2.24) is 15.1 Å². The summed E-state index contributed by atoms with van der Waals surface area (Å²) in [6, 6.07) is 1.86. The molecule has 1 saturated carbocycles. The molecule has 1 amide bonds. The SMILES string of the molecule is CCn1nc(C)cc1C(=O)NC1(CBr)CCCCC1. The summed E-state index contributed by atoms with van der Waals surface area (Å²) in [5.74, 6) is 0.00352. The van der Waals surface area contributed by atoms with Crippen molar-refractivity contribution in [2.45, 2.75) is 58.0 Å². The number of nitrogens with one attached hydrogen (secondary N) is 1. The third-order valence-electron chi connectivity index (χ3n) is 3.88. The Morgan fingerprint density at radius 1 is 1.47 bits per heavy atom. The third-order valence-corrected chi connectivity index (χ3v) is 4.95. The van der Waals surface area contributed by atoms with E-state index in [9.17, 15) is 4.79 Å². The van der Waals surface area contributed by atoms with Crippen molar-refractivity contribution in [3.05, 3.63) is 17.5 Å². The predicted octanol–water partition coefficient (Wildman–Crippen LogP) is 3.04. The zero-order chi connectivity index (χ0) is 13.9. The zero-order valence-electron chi connectivity index (χ0n) is 11.7. The molecule has 0 aliphatic heterocycles. The smallest absolute Gasteiger partial charge is 0.270 e. The quantitative estimate of drug-likeness (QED) is 0.864. The van der Waals surface area contributed by atoms with Gasteiger partial charge in [-0.25, -0.2) is 0 Å². The first kappa shape index (κ1) is 14.6. The van der Waals surface area contributed by atoms with Gasteiger partial charge in [0.15, 0.2) is 0 Å². The van der Waals surface area contributed by atoms with Crippen molar-refractivity contribution in [2.75, 3.05) is 5.33 Å². The average Bonchev–Trinajstić information content (AvgIpc) is 2.81. The molecule has 2 rings (SSSR count). The second kappa shape index (κ2) is 6.07. The van der Waals surface area contributed by atoms with Gasteiger partial charge in [-0.3, -0.25) is 9.48 Å². The topological polar surface area (TPSA) is 46.9 Å². The third kappa shape index (κ3) is 3.19. The lowest BCUT2D eigenvalue weighted by Crippen LogP contribution is -2.51. The Labute approximate surface area is 123 Å². The molecule has 5 heteroatoms. The lowest BCUT2D eigenvalue weighted by molar-refractivity contribution is 0.0875. The minimum Gasteiger partial charge on any atom is -0.344 e. The number of alkyl halides is 1. The van der Waals surface area contributed by atoms with Crippen LogP contribution >= 0.6 is 15.9 Å². The van der Waals surface area contributed by atoms with E-state index in [1.807, 2.05) is 19.9 Å². The number of aromatic nitrogens is 2. The molecule has 1 aromatic heterocycles. The van der Waals surface area contributed by atoms with Crippen molar-refractivity contribution in [3.63, 3.8) is 0 Å². The van der Waals surface area contributed by atoms with Gasteiger partial charge in [0.05, 0.1) is 11.2 Å². The molecule has 106 valence electrons. The highest BCUT2D eigenvalue weighted by Crippen LogP contribution is 2.30. The average molecular weight is 328 g/mol. The summed E-state index contributed by atoms with van der Waals surface area (Å²) in [4.78, 5) is 12.5. The van der Waals surface area contributed by atoms with Crippen molar-refractivity contribution >= 4 is 21.8 Å². The van der Waals surface area contributed by atoms with E-state index in [0.717, 1.165) is 30.4 Å². The summed E-state index contributed by atoms with van der Waals surface area (Å²) < 4.78 is 1.77. The first-order chi connectivity index (χ1) is 9.10. The van der Waals surface area contributed by atoms with Crippen LogP contribution in [0.15, 0.2) is 6.07 Å². The minimum absolute atomic E-state index is 0.00352. The fourth-order valence-corrected chi connectivity index (χ4v) is 3.50. The van der Waals surface area contributed by atoms with Gasteiger partial charge >= 0.3 is 0 Å². The first-order valence-corrected chi connectivity index (χ1v) is 8.15. The van der Waals surface area contributed by atoms with Crippen molar-refractivity contribution in [1.29, 1.82) is 0 Å². The van der Waals surface area contributed by atoms with Crippen LogP contribution in [0.3, 0.4) is 0 Å². The van der Waals surface area contributed by atoms with Gasteiger partial charge < -0.3 is 5.32 Å². The predicted molar refractivity (Wildman–Crippen MR) is 79.7 cm³/mol. The van der Waals surface area contributed by atoms with Crippen LogP contribution in [-0.4, -0.2) is 26.6 Å². The van der Waals surface area contributed by atoms with Gasteiger partial charge in [0.2, 0.25) is 0 Å². The summed E-state index contributed by atoms with van der Waals surface area (Å²) in [7, 11) is 0. The lowest BCUT2D eigenvalue weighted by Gasteiger charge is -2.36. The van der Waals surface area contributed by atoms with E-state index in [1.165, 1.54) is 19.3 Å². The Balaban J connectivity index is 2.14. The summed E-state index contributed by atoms with van der Waals surface area (Å²) in [6.45, 7) is 4.64. The largest absolute Gasteiger partial charge is 0.344 e. The van der Waals surface area contributed by atoms with Crippen molar-refractivity contribution in [3.8, 4) is 0 Å². The lowest BCUT2D eigenvalue weighted by atomic mass is 9.83. The number of carbonyl (C=O) groups excluding carboxylic acids is 1. The number of nitrogens with zero attached hydrogens (tertiary/aromatic N) is 2. The maximum absolute atomic E-state index is 12.5. The molecule has 0 unspecified atom stereocenters. The van der Waals surface area contributed by atoms with Crippen molar-refractivity contribution in [2.24, 2.45) is 0 Å².